The molecule has 0 saturated heterocycles. The number of ether oxygens (including phenoxy) is 1. The van der Waals surface area contributed by atoms with Crippen LogP contribution in [0, 0.1) is 29.1 Å². The van der Waals surface area contributed by atoms with Gasteiger partial charge in [0.25, 0.3) is 0 Å². The number of hydrogen-bond donors (Lipinski definition) is 2. The smallest absolute Gasteiger partial charge is 0.0840 e. The molecule has 0 aromatic heterocycles. The number of allylic oxidation sites excluding steroid dienone is 1. The summed E-state index contributed by atoms with van der Waals surface area (Å²) in [5, 5.41) is 21.1. The first-order valence-corrected chi connectivity index (χ1v) is 10.7. The van der Waals surface area contributed by atoms with E-state index in [0.717, 1.165) is 32.3 Å². The summed E-state index contributed by atoms with van der Waals surface area (Å²) in [7, 11) is 1.78. The van der Waals surface area contributed by atoms with Crippen molar-refractivity contribution in [3.8, 4) is 0 Å². The first kappa shape index (κ1) is 20.1. The maximum Gasteiger partial charge on any atom is 0.0840 e. The van der Waals surface area contributed by atoms with Gasteiger partial charge >= 0.3 is 0 Å². The van der Waals surface area contributed by atoms with E-state index in [0.29, 0.717) is 23.7 Å². The molecule has 0 aromatic carbocycles. The molecule has 4 rings (SSSR count). The van der Waals surface area contributed by atoms with Crippen LogP contribution in [0.3, 0.4) is 0 Å². The average Bonchev–Trinajstić information content (AvgIpc) is 2.92. The molecule has 0 spiro atoms. The van der Waals surface area contributed by atoms with Gasteiger partial charge in [-0.2, -0.15) is 0 Å². The quantitative estimate of drug-likeness (QED) is 0.761. The molecule has 2 N–H and O–H groups in total. The van der Waals surface area contributed by atoms with E-state index in [9.17, 15) is 10.2 Å². The molecule has 4 aliphatic carbocycles. The van der Waals surface area contributed by atoms with Gasteiger partial charge in [0.05, 0.1) is 18.3 Å². The van der Waals surface area contributed by atoms with Crippen LogP contribution in [0.15, 0.2) is 23.3 Å². The van der Waals surface area contributed by atoms with E-state index in [-0.39, 0.29) is 11.5 Å². The fourth-order valence-corrected chi connectivity index (χ4v) is 6.42. The molecule has 3 saturated carbocycles. The van der Waals surface area contributed by atoms with Gasteiger partial charge in [0.1, 0.15) is 0 Å². The van der Waals surface area contributed by atoms with Gasteiger partial charge < -0.3 is 14.9 Å². The summed E-state index contributed by atoms with van der Waals surface area (Å²) >= 11 is 0. The Morgan fingerprint density at radius 3 is 2.58 bits per heavy atom. The van der Waals surface area contributed by atoms with Crippen molar-refractivity contribution in [3.05, 3.63) is 23.3 Å². The zero-order chi connectivity index (χ0) is 19.1. The molecule has 0 amide bonds. The van der Waals surface area contributed by atoms with Crippen molar-refractivity contribution >= 4 is 0 Å². The van der Waals surface area contributed by atoms with Gasteiger partial charge in [-0.3, -0.25) is 0 Å². The molecule has 148 valence electrons. The number of rotatable bonds is 2. The van der Waals surface area contributed by atoms with Crippen LogP contribution in [0.25, 0.3) is 0 Å². The third-order valence-electron chi connectivity index (χ3n) is 7.69. The standard InChI is InChI=1S/C21H32O3.C2H6/c1-20(23)8-6-15-14-7-9-21(2)18(4-5-19(21)22)16(14)10-13(12-24-3)17(15)11-20;1-2/h6,11,13-14,16,18-19,22-23H,4-5,7-10,12H2,1-3H3;1-2H3/t13?,14-,16?,18+,19?,20?,21?;/m1./s1. The van der Waals surface area contributed by atoms with Gasteiger partial charge in [-0.1, -0.05) is 26.8 Å². The van der Waals surface area contributed by atoms with Crippen LogP contribution in [0.1, 0.15) is 66.2 Å². The highest BCUT2D eigenvalue weighted by Crippen LogP contribution is 2.62. The Bertz CT molecular complexity index is 576. The average molecular weight is 363 g/mol. The minimum atomic E-state index is -0.718. The number of aliphatic hydroxyl groups is 2. The summed E-state index contributed by atoms with van der Waals surface area (Å²) in [6, 6.07) is 0. The van der Waals surface area contributed by atoms with Crippen molar-refractivity contribution in [3.63, 3.8) is 0 Å². The van der Waals surface area contributed by atoms with Gasteiger partial charge in [-0.05, 0) is 85.8 Å². The summed E-state index contributed by atoms with van der Waals surface area (Å²) in [4.78, 5) is 0. The van der Waals surface area contributed by atoms with Crippen LogP contribution in [0.4, 0.5) is 0 Å². The molecule has 0 aliphatic heterocycles. The SMILES string of the molecule is CC.COCC1CC2[C@H](CCC3(C)C(O)CC[C@@H]23)C2=CCC(C)(O)C=C21. The van der Waals surface area contributed by atoms with Crippen molar-refractivity contribution in [1.29, 1.82) is 0 Å². The number of fused-ring (bicyclic) bond motifs is 5. The predicted molar refractivity (Wildman–Crippen MR) is 106 cm³/mol. The Labute approximate surface area is 159 Å². The molecule has 0 bridgehead atoms. The minimum absolute atomic E-state index is 0.112. The molecule has 3 fully saturated rings. The van der Waals surface area contributed by atoms with E-state index in [4.69, 9.17) is 4.74 Å². The molecule has 3 heteroatoms. The molecule has 0 aromatic rings. The highest BCUT2D eigenvalue weighted by Gasteiger charge is 2.56. The van der Waals surface area contributed by atoms with Crippen molar-refractivity contribution in [2.75, 3.05) is 13.7 Å². The van der Waals surface area contributed by atoms with Gasteiger partial charge in [0, 0.05) is 13.0 Å². The lowest BCUT2D eigenvalue weighted by atomic mass is 9.52. The van der Waals surface area contributed by atoms with E-state index in [1.807, 2.05) is 20.8 Å². The van der Waals surface area contributed by atoms with Crippen LogP contribution in [0.5, 0.6) is 0 Å². The Balaban J connectivity index is 0.000000948. The summed E-state index contributed by atoms with van der Waals surface area (Å²) in [6.45, 7) is 8.96. The molecule has 4 aliphatic rings. The van der Waals surface area contributed by atoms with Crippen LogP contribution >= 0.6 is 0 Å². The third-order valence-corrected chi connectivity index (χ3v) is 7.69. The van der Waals surface area contributed by atoms with Gasteiger partial charge in [0.2, 0.25) is 0 Å². The molecule has 0 heterocycles. The summed E-state index contributed by atoms with van der Waals surface area (Å²) in [5.74, 6) is 2.29. The first-order chi connectivity index (χ1) is 12.4. The summed E-state index contributed by atoms with van der Waals surface area (Å²) in [5.41, 5.74) is 2.23. The zero-order valence-electron chi connectivity index (χ0n) is 17.3. The van der Waals surface area contributed by atoms with Gasteiger partial charge in [-0.25, -0.2) is 0 Å². The van der Waals surface area contributed by atoms with Crippen LogP contribution in [0.2, 0.25) is 0 Å². The van der Waals surface area contributed by atoms with Crippen LogP contribution in [-0.4, -0.2) is 35.6 Å². The highest BCUT2D eigenvalue weighted by atomic mass is 16.5. The predicted octanol–water partition coefficient (Wildman–Crippen LogP) is 4.49. The molecule has 3 nitrogen and oxygen atoms in total. The Hall–Kier alpha value is -0.640. The van der Waals surface area contributed by atoms with E-state index in [1.54, 1.807) is 7.11 Å². The van der Waals surface area contributed by atoms with E-state index in [1.165, 1.54) is 24.0 Å². The Kier molecular flexibility index (Phi) is 5.73. The molecular weight excluding hydrogens is 324 g/mol. The Morgan fingerprint density at radius 2 is 1.88 bits per heavy atom. The molecule has 7 atom stereocenters. The highest BCUT2D eigenvalue weighted by molar-refractivity contribution is 5.44. The topological polar surface area (TPSA) is 49.7 Å². The lowest BCUT2D eigenvalue weighted by Crippen LogP contribution is -2.47. The van der Waals surface area contributed by atoms with Crippen molar-refractivity contribution < 1.29 is 14.9 Å². The zero-order valence-corrected chi connectivity index (χ0v) is 17.3. The lowest BCUT2D eigenvalue weighted by Gasteiger charge is -2.53. The molecule has 5 unspecified atom stereocenters. The second-order valence-corrected chi connectivity index (χ2v) is 9.22. The summed E-state index contributed by atoms with van der Waals surface area (Å²) in [6.07, 6.45) is 10.6. The third kappa shape index (κ3) is 3.21. The largest absolute Gasteiger partial charge is 0.393 e. The van der Waals surface area contributed by atoms with Gasteiger partial charge in [-0.15, -0.1) is 0 Å². The van der Waals surface area contributed by atoms with Crippen molar-refractivity contribution in [1.82, 2.24) is 0 Å². The normalized spacial score (nSPS) is 46.8. The first-order valence-electron chi connectivity index (χ1n) is 10.7. The monoisotopic (exact) mass is 362 g/mol. The van der Waals surface area contributed by atoms with Crippen LogP contribution in [-0.2, 0) is 4.74 Å². The van der Waals surface area contributed by atoms with Crippen LogP contribution < -0.4 is 0 Å². The minimum Gasteiger partial charge on any atom is -0.393 e. The maximum absolute atomic E-state index is 10.6. The fraction of sp³-hybridized carbons (Fsp3) is 0.826. The van der Waals surface area contributed by atoms with E-state index >= 15 is 0 Å². The van der Waals surface area contributed by atoms with Crippen molar-refractivity contribution in [2.45, 2.75) is 77.9 Å². The second kappa shape index (κ2) is 7.41. The molecule has 26 heavy (non-hydrogen) atoms. The van der Waals surface area contributed by atoms with E-state index < -0.39 is 5.60 Å². The second-order valence-electron chi connectivity index (χ2n) is 9.22. The Morgan fingerprint density at radius 1 is 1.15 bits per heavy atom. The maximum atomic E-state index is 10.6. The van der Waals surface area contributed by atoms with Gasteiger partial charge in [0.15, 0.2) is 0 Å². The summed E-state index contributed by atoms with van der Waals surface area (Å²) < 4.78 is 5.54. The number of aliphatic hydroxyl groups excluding tert-OH is 1. The number of hydrogen-bond acceptors (Lipinski definition) is 3. The van der Waals surface area contributed by atoms with Crippen molar-refractivity contribution in [2.24, 2.45) is 29.1 Å². The molecule has 0 radical (unpaired) electrons. The number of methoxy groups -OCH3 is 1. The fourth-order valence-electron chi connectivity index (χ4n) is 6.42. The molecular formula is C23H38O3. The lowest BCUT2D eigenvalue weighted by molar-refractivity contribution is -0.0391. The van der Waals surface area contributed by atoms with E-state index in [2.05, 4.69) is 19.1 Å².